The molecule has 0 aromatic carbocycles. The minimum atomic E-state index is 0.257. The maximum atomic E-state index is 12.3. The summed E-state index contributed by atoms with van der Waals surface area (Å²) in [5.41, 5.74) is 0. The summed E-state index contributed by atoms with van der Waals surface area (Å²) in [4.78, 5) is 15.5. The van der Waals surface area contributed by atoms with E-state index in [0.29, 0.717) is 18.5 Å². The molecule has 1 fully saturated rings. The Bertz CT molecular complexity index is 412. The number of rotatable bonds is 7. The quantitative estimate of drug-likeness (QED) is 0.698. The summed E-state index contributed by atoms with van der Waals surface area (Å²) >= 11 is 4.98. The van der Waals surface area contributed by atoms with Gasteiger partial charge in [0.25, 0.3) is 0 Å². The Balaban J connectivity index is 1.92. The fourth-order valence-corrected chi connectivity index (χ4v) is 3.53. The van der Waals surface area contributed by atoms with Crippen molar-refractivity contribution in [3.8, 4) is 0 Å². The van der Waals surface area contributed by atoms with Crippen molar-refractivity contribution in [2.45, 2.75) is 39.2 Å². The molecular weight excluding hydrogens is 310 g/mol. The lowest BCUT2D eigenvalue weighted by Crippen LogP contribution is -2.33. The number of nitrogens with zero attached hydrogens (tertiary/aromatic N) is 1. The topological polar surface area (TPSA) is 20.3 Å². The SMILES string of the molecule is CC(C)CCN(CC(=O)c1sccc1Br)C1CC1. The van der Waals surface area contributed by atoms with Crippen molar-refractivity contribution < 1.29 is 4.79 Å². The van der Waals surface area contributed by atoms with Crippen LogP contribution in [0, 0.1) is 5.92 Å². The second-order valence-corrected chi connectivity index (χ2v) is 7.18. The second kappa shape index (κ2) is 6.31. The van der Waals surface area contributed by atoms with Crippen molar-refractivity contribution in [2.24, 2.45) is 5.92 Å². The van der Waals surface area contributed by atoms with Crippen LogP contribution in [0.4, 0.5) is 0 Å². The highest BCUT2D eigenvalue weighted by atomic mass is 79.9. The first-order valence-electron chi connectivity index (χ1n) is 6.58. The maximum Gasteiger partial charge on any atom is 0.187 e. The van der Waals surface area contributed by atoms with Crippen LogP contribution in [0.1, 0.15) is 42.8 Å². The van der Waals surface area contributed by atoms with Crippen LogP contribution in [-0.4, -0.2) is 29.8 Å². The Morgan fingerprint density at radius 1 is 1.56 bits per heavy atom. The van der Waals surface area contributed by atoms with Crippen LogP contribution in [-0.2, 0) is 0 Å². The third-order valence-corrected chi connectivity index (χ3v) is 5.15. The summed E-state index contributed by atoms with van der Waals surface area (Å²) in [6, 6.07) is 2.61. The lowest BCUT2D eigenvalue weighted by atomic mass is 10.1. The summed E-state index contributed by atoms with van der Waals surface area (Å²) in [6.07, 6.45) is 3.70. The summed E-state index contributed by atoms with van der Waals surface area (Å²) in [5, 5.41) is 1.97. The van der Waals surface area contributed by atoms with Crippen LogP contribution in [0.15, 0.2) is 15.9 Å². The van der Waals surface area contributed by atoms with Gasteiger partial charge in [0.15, 0.2) is 5.78 Å². The lowest BCUT2D eigenvalue weighted by molar-refractivity contribution is 0.0924. The van der Waals surface area contributed by atoms with Gasteiger partial charge in [0, 0.05) is 10.5 Å². The van der Waals surface area contributed by atoms with E-state index in [2.05, 4.69) is 34.7 Å². The van der Waals surface area contributed by atoms with Gasteiger partial charge >= 0.3 is 0 Å². The highest BCUT2D eigenvalue weighted by molar-refractivity contribution is 9.10. The monoisotopic (exact) mass is 329 g/mol. The molecular formula is C14H20BrNOS. The van der Waals surface area contributed by atoms with E-state index in [1.54, 1.807) is 0 Å². The van der Waals surface area contributed by atoms with Crippen molar-refractivity contribution in [1.82, 2.24) is 4.90 Å². The highest BCUT2D eigenvalue weighted by Crippen LogP contribution is 2.29. The van der Waals surface area contributed by atoms with Crippen LogP contribution in [0.3, 0.4) is 0 Å². The summed E-state index contributed by atoms with van der Waals surface area (Å²) in [6.45, 7) is 6.11. The molecule has 0 bridgehead atoms. The van der Waals surface area contributed by atoms with E-state index in [9.17, 15) is 4.79 Å². The molecule has 0 spiro atoms. The average Bonchev–Trinajstić information content (AvgIpc) is 3.06. The molecule has 0 aliphatic heterocycles. The van der Waals surface area contributed by atoms with Crippen LogP contribution in [0.2, 0.25) is 0 Å². The van der Waals surface area contributed by atoms with Gasteiger partial charge in [-0.2, -0.15) is 0 Å². The lowest BCUT2D eigenvalue weighted by Gasteiger charge is -2.21. The van der Waals surface area contributed by atoms with E-state index in [4.69, 9.17) is 0 Å². The van der Waals surface area contributed by atoms with Gasteiger partial charge in [-0.15, -0.1) is 11.3 Å². The van der Waals surface area contributed by atoms with Gasteiger partial charge in [0.2, 0.25) is 0 Å². The Kier molecular flexibility index (Phi) is 4.98. The first-order valence-corrected chi connectivity index (χ1v) is 8.25. The molecule has 2 rings (SSSR count). The molecule has 0 amide bonds. The fourth-order valence-electron chi connectivity index (χ4n) is 2.00. The predicted molar refractivity (Wildman–Crippen MR) is 80.4 cm³/mol. The number of Topliss-reactive ketones (excluding diaryl/α,β-unsaturated/α-hetero) is 1. The van der Waals surface area contributed by atoms with Crippen molar-refractivity contribution in [3.05, 3.63) is 20.8 Å². The minimum Gasteiger partial charge on any atom is -0.293 e. The zero-order chi connectivity index (χ0) is 13.1. The van der Waals surface area contributed by atoms with E-state index in [0.717, 1.165) is 15.9 Å². The number of hydrogen-bond acceptors (Lipinski definition) is 3. The zero-order valence-corrected chi connectivity index (χ0v) is 13.4. The standard InChI is InChI=1S/C14H20BrNOS/c1-10(2)5-7-16(11-3-4-11)9-13(17)14-12(15)6-8-18-14/h6,8,10-11H,3-5,7,9H2,1-2H3. The molecule has 0 atom stereocenters. The van der Waals surface area contributed by atoms with E-state index in [1.807, 2.05) is 11.4 Å². The Labute approximate surface area is 122 Å². The minimum absolute atomic E-state index is 0.257. The molecule has 1 aromatic heterocycles. The first kappa shape index (κ1) is 14.2. The summed E-state index contributed by atoms with van der Waals surface area (Å²) in [5.74, 6) is 0.961. The van der Waals surface area contributed by atoms with Gasteiger partial charge in [0.1, 0.15) is 0 Å². The summed E-state index contributed by atoms with van der Waals surface area (Å²) < 4.78 is 0.942. The molecule has 0 unspecified atom stereocenters. The molecule has 100 valence electrons. The molecule has 1 saturated carbocycles. The molecule has 0 saturated heterocycles. The average molecular weight is 330 g/mol. The van der Waals surface area contributed by atoms with Crippen molar-refractivity contribution in [2.75, 3.05) is 13.1 Å². The van der Waals surface area contributed by atoms with Crippen LogP contribution >= 0.6 is 27.3 Å². The van der Waals surface area contributed by atoms with Gasteiger partial charge in [-0.3, -0.25) is 9.69 Å². The van der Waals surface area contributed by atoms with Gasteiger partial charge in [-0.25, -0.2) is 0 Å². The second-order valence-electron chi connectivity index (χ2n) is 5.41. The Morgan fingerprint density at radius 3 is 2.78 bits per heavy atom. The molecule has 1 heterocycles. The molecule has 2 nitrogen and oxygen atoms in total. The molecule has 1 aliphatic carbocycles. The molecule has 4 heteroatoms. The van der Waals surface area contributed by atoms with E-state index < -0.39 is 0 Å². The van der Waals surface area contributed by atoms with Crippen molar-refractivity contribution >= 4 is 33.0 Å². The van der Waals surface area contributed by atoms with Gasteiger partial charge in [-0.1, -0.05) is 13.8 Å². The number of ketones is 1. The van der Waals surface area contributed by atoms with E-state index in [1.165, 1.54) is 30.6 Å². The zero-order valence-electron chi connectivity index (χ0n) is 11.0. The fraction of sp³-hybridized carbons (Fsp3) is 0.643. The van der Waals surface area contributed by atoms with Crippen LogP contribution in [0.25, 0.3) is 0 Å². The number of carbonyl (C=O) groups excluding carboxylic acids is 1. The van der Waals surface area contributed by atoms with Crippen LogP contribution < -0.4 is 0 Å². The number of halogens is 1. The first-order chi connectivity index (χ1) is 8.58. The molecule has 18 heavy (non-hydrogen) atoms. The molecule has 1 aliphatic rings. The number of hydrogen-bond donors (Lipinski definition) is 0. The summed E-state index contributed by atoms with van der Waals surface area (Å²) in [7, 11) is 0. The predicted octanol–water partition coefficient (Wildman–Crippen LogP) is 4.20. The van der Waals surface area contributed by atoms with Crippen molar-refractivity contribution in [1.29, 1.82) is 0 Å². The smallest absolute Gasteiger partial charge is 0.187 e. The Hall–Kier alpha value is -0.190. The molecule has 0 radical (unpaired) electrons. The van der Waals surface area contributed by atoms with Gasteiger partial charge in [-0.05, 0) is 59.1 Å². The third kappa shape index (κ3) is 3.90. The number of carbonyl (C=O) groups is 1. The van der Waals surface area contributed by atoms with Gasteiger partial charge in [0.05, 0.1) is 11.4 Å². The van der Waals surface area contributed by atoms with Crippen molar-refractivity contribution in [3.63, 3.8) is 0 Å². The number of thiophene rings is 1. The Morgan fingerprint density at radius 2 is 2.28 bits per heavy atom. The third-order valence-electron chi connectivity index (χ3n) is 3.27. The van der Waals surface area contributed by atoms with Crippen LogP contribution in [0.5, 0.6) is 0 Å². The highest BCUT2D eigenvalue weighted by Gasteiger charge is 2.30. The largest absolute Gasteiger partial charge is 0.293 e. The molecule has 0 N–H and O–H groups in total. The van der Waals surface area contributed by atoms with Gasteiger partial charge < -0.3 is 0 Å². The molecule has 1 aromatic rings. The normalized spacial score (nSPS) is 15.6. The van der Waals surface area contributed by atoms with E-state index >= 15 is 0 Å². The van der Waals surface area contributed by atoms with E-state index in [-0.39, 0.29) is 5.78 Å². The maximum absolute atomic E-state index is 12.3.